The van der Waals surface area contributed by atoms with E-state index in [0.29, 0.717) is 34.5 Å². The number of halogens is 2. The smallest absolute Gasteiger partial charge is 0.243 e. The van der Waals surface area contributed by atoms with Gasteiger partial charge in [0, 0.05) is 25.6 Å². The lowest BCUT2D eigenvalue weighted by molar-refractivity contribution is -0.141. The summed E-state index contributed by atoms with van der Waals surface area (Å²) in [4.78, 5) is 28.2. The average molecular weight is 601 g/mol. The molecule has 0 heterocycles. The second kappa shape index (κ2) is 15.3. The number of anilines is 1. The highest BCUT2D eigenvalue weighted by atomic mass is 35.5. The van der Waals surface area contributed by atoms with Gasteiger partial charge < -0.3 is 15.0 Å². The molecule has 1 N–H and O–H groups in total. The Kier molecular flexibility index (Phi) is 12.9. The molecule has 2 aromatic rings. The van der Waals surface area contributed by atoms with Crippen LogP contribution in [0.2, 0.25) is 10.0 Å². The van der Waals surface area contributed by atoms with E-state index in [-0.39, 0.29) is 43.8 Å². The molecule has 0 saturated carbocycles. The summed E-state index contributed by atoms with van der Waals surface area (Å²) in [6.45, 7) is 8.39. The summed E-state index contributed by atoms with van der Waals surface area (Å²) in [7, 11) is -3.59. The van der Waals surface area contributed by atoms with E-state index >= 15 is 0 Å². The fraction of sp³-hybridized carbons (Fsp3) is 0.500. The van der Waals surface area contributed by atoms with Gasteiger partial charge in [0.05, 0.1) is 28.6 Å². The molecule has 0 saturated heterocycles. The molecule has 0 aliphatic rings. The van der Waals surface area contributed by atoms with Crippen molar-refractivity contribution in [3.63, 3.8) is 0 Å². The van der Waals surface area contributed by atoms with E-state index in [1.54, 1.807) is 47.4 Å². The maximum atomic E-state index is 13.5. The third-order valence-electron chi connectivity index (χ3n) is 6.31. The summed E-state index contributed by atoms with van der Waals surface area (Å²) >= 11 is 12.3. The topological polar surface area (TPSA) is 96.0 Å². The Morgan fingerprint density at radius 2 is 1.67 bits per heavy atom. The van der Waals surface area contributed by atoms with Crippen LogP contribution in [-0.4, -0.2) is 56.6 Å². The van der Waals surface area contributed by atoms with Crippen molar-refractivity contribution in [2.24, 2.45) is 0 Å². The first-order chi connectivity index (χ1) is 18.4. The van der Waals surface area contributed by atoms with Gasteiger partial charge in [-0.2, -0.15) is 0 Å². The maximum Gasteiger partial charge on any atom is 0.243 e. The van der Waals surface area contributed by atoms with Crippen molar-refractivity contribution in [2.45, 2.75) is 72.0 Å². The first kappa shape index (κ1) is 32.7. The monoisotopic (exact) mass is 599 g/mol. The van der Waals surface area contributed by atoms with E-state index < -0.39 is 16.1 Å². The fourth-order valence-corrected chi connectivity index (χ4v) is 5.36. The lowest BCUT2D eigenvalue weighted by Crippen LogP contribution is -2.50. The third kappa shape index (κ3) is 9.89. The van der Waals surface area contributed by atoms with Crippen LogP contribution in [0.15, 0.2) is 42.5 Å². The molecule has 0 radical (unpaired) electrons. The molecule has 0 spiro atoms. The SMILES string of the molecule is CCOc1ccc(N(CCCC(=O)N(Cc2ccc(Cl)c(Cl)c2)[C@@H](CC)C(=O)N[C@H](C)CC)S(C)(=O)=O)cc1. The van der Waals surface area contributed by atoms with Gasteiger partial charge in [0.15, 0.2) is 0 Å². The standard InChI is InChI=1S/C28H39Cl2N3O5S/c1-6-20(4)31-28(35)26(7-2)32(19-21-11-16-24(29)25(30)18-21)27(34)10-9-17-33(39(5,36)37)22-12-14-23(15-13-22)38-8-3/h11-16,18,20,26H,6-10,17,19H2,1-5H3,(H,31,35)/t20-,26+/m1/s1. The normalized spacial score (nSPS) is 12.9. The zero-order valence-electron chi connectivity index (χ0n) is 23.2. The number of hydrogen-bond acceptors (Lipinski definition) is 5. The summed E-state index contributed by atoms with van der Waals surface area (Å²) in [5.74, 6) is 0.156. The lowest BCUT2D eigenvalue weighted by atomic mass is 10.1. The molecule has 0 aromatic heterocycles. The van der Waals surface area contributed by atoms with Crippen molar-refractivity contribution in [2.75, 3.05) is 23.7 Å². The number of carbonyl (C=O) groups excluding carboxylic acids is 2. The Morgan fingerprint density at radius 1 is 1.00 bits per heavy atom. The number of amides is 2. The van der Waals surface area contributed by atoms with Gasteiger partial charge in [-0.1, -0.05) is 43.1 Å². The van der Waals surface area contributed by atoms with Crippen LogP contribution in [0.4, 0.5) is 5.69 Å². The molecule has 39 heavy (non-hydrogen) atoms. The molecule has 8 nitrogen and oxygen atoms in total. The van der Waals surface area contributed by atoms with Crippen LogP contribution in [0, 0.1) is 0 Å². The number of ether oxygens (including phenoxy) is 1. The molecular formula is C28H39Cl2N3O5S. The Balaban J connectivity index is 2.24. The summed E-state index contributed by atoms with van der Waals surface area (Å²) in [5.41, 5.74) is 1.22. The predicted molar refractivity (Wildman–Crippen MR) is 158 cm³/mol. The number of nitrogens with zero attached hydrogens (tertiary/aromatic N) is 2. The quantitative estimate of drug-likeness (QED) is 0.285. The Labute approximate surface area is 242 Å². The molecular weight excluding hydrogens is 561 g/mol. The average Bonchev–Trinajstić information content (AvgIpc) is 2.88. The molecule has 0 aliphatic carbocycles. The molecule has 216 valence electrons. The van der Waals surface area contributed by atoms with Crippen LogP contribution >= 0.6 is 23.2 Å². The van der Waals surface area contributed by atoms with Gasteiger partial charge >= 0.3 is 0 Å². The third-order valence-corrected chi connectivity index (χ3v) is 8.24. The van der Waals surface area contributed by atoms with Gasteiger partial charge in [-0.05, 0) is 75.1 Å². The second-order valence-corrected chi connectivity index (χ2v) is 12.1. The van der Waals surface area contributed by atoms with Crippen molar-refractivity contribution < 1.29 is 22.7 Å². The van der Waals surface area contributed by atoms with Gasteiger partial charge in [-0.3, -0.25) is 13.9 Å². The number of hydrogen-bond donors (Lipinski definition) is 1. The number of nitrogens with one attached hydrogen (secondary N) is 1. The Hall–Kier alpha value is -2.49. The summed E-state index contributed by atoms with van der Waals surface area (Å²) in [5, 5.41) is 3.73. The van der Waals surface area contributed by atoms with Gasteiger partial charge in [-0.25, -0.2) is 8.42 Å². The van der Waals surface area contributed by atoms with Gasteiger partial charge in [0.2, 0.25) is 21.8 Å². The molecule has 11 heteroatoms. The molecule has 0 unspecified atom stereocenters. The van der Waals surface area contributed by atoms with Crippen LogP contribution in [0.1, 0.15) is 58.9 Å². The van der Waals surface area contributed by atoms with Crippen molar-refractivity contribution in [1.29, 1.82) is 0 Å². The zero-order valence-corrected chi connectivity index (χ0v) is 25.6. The van der Waals surface area contributed by atoms with Crippen molar-refractivity contribution in [3.8, 4) is 5.75 Å². The van der Waals surface area contributed by atoms with E-state index in [9.17, 15) is 18.0 Å². The number of sulfonamides is 1. The molecule has 0 aliphatic heterocycles. The first-order valence-corrected chi connectivity index (χ1v) is 15.8. The van der Waals surface area contributed by atoms with Gasteiger partial charge in [0.1, 0.15) is 11.8 Å². The van der Waals surface area contributed by atoms with Crippen LogP contribution in [0.25, 0.3) is 0 Å². The van der Waals surface area contributed by atoms with Crippen LogP contribution < -0.4 is 14.4 Å². The van der Waals surface area contributed by atoms with E-state index in [0.717, 1.165) is 18.2 Å². The summed E-state index contributed by atoms with van der Waals surface area (Å²) < 4.78 is 31.8. The Bertz CT molecular complexity index is 1210. The van der Waals surface area contributed by atoms with Crippen molar-refractivity contribution in [3.05, 3.63) is 58.1 Å². The van der Waals surface area contributed by atoms with Gasteiger partial charge in [0.25, 0.3) is 0 Å². The van der Waals surface area contributed by atoms with Crippen LogP contribution in [0.3, 0.4) is 0 Å². The lowest BCUT2D eigenvalue weighted by Gasteiger charge is -2.32. The highest BCUT2D eigenvalue weighted by Gasteiger charge is 2.29. The van der Waals surface area contributed by atoms with Crippen molar-refractivity contribution in [1.82, 2.24) is 10.2 Å². The number of carbonyl (C=O) groups is 2. The highest BCUT2D eigenvalue weighted by molar-refractivity contribution is 7.92. The minimum absolute atomic E-state index is 0.0362. The number of rotatable bonds is 15. The minimum Gasteiger partial charge on any atom is -0.494 e. The van der Waals surface area contributed by atoms with E-state index in [1.165, 1.54) is 4.31 Å². The summed E-state index contributed by atoms with van der Waals surface area (Å²) in [6.07, 6.45) is 2.62. The van der Waals surface area contributed by atoms with Crippen LogP contribution in [-0.2, 0) is 26.2 Å². The molecule has 0 bridgehead atoms. The highest BCUT2D eigenvalue weighted by Crippen LogP contribution is 2.25. The van der Waals surface area contributed by atoms with Crippen LogP contribution in [0.5, 0.6) is 5.75 Å². The van der Waals surface area contributed by atoms with E-state index in [4.69, 9.17) is 27.9 Å². The van der Waals surface area contributed by atoms with Gasteiger partial charge in [-0.15, -0.1) is 0 Å². The summed E-state index contributed by atoms with van der Waals surface area (Å²) in [6, 6.07) is 11.2. The zero-order chi connectivity index (χ0) is 29.2. The molecule has 2 atom stereocenters. The van der Waals surface area contributed by atoms with E-state index in [2.05, 4.69) is 5.32 Å². The number of benzene rings is 2. The Morgan fingerprint density at radius 3 is 2.21 bits per heavy atom. The van der Waals surface area contributed by atoms with E-state index in [1.807, 2.05) is 27.7 Å². The molecule has 2 amide bonds. The largest absolute Gasteiger partial charge is 0.494 e. The molecule has 2 rings (SSSR count). The fourth-order valence-electron chi connectivity index (χ4n) is 4.07. The molecule has 0 fully saturated rings. The predicted octanol–water partition coefficient (Wildman–Crippen LogP) is 5.66. The van der Waals surface area contributed by atoms with Crippen molar-refractivity contribution >= 4 is 50.7 Å². The minimum atomic E-state index is -3.59. The maximum absolute atomic E-state index is 13.5. The first-order valence-electron chi connectivity index (χ1n) is 13.2. The molecule has 2 aromatic carbocycles. The second-order valence-electron chi connectivity index (χ2n) is 9.38.